The molecule has 0 aliphatic rings. The van der Waals surface area contributed by atoms with E-state index in [1.807, 2.05) is 6.92 Å². The van der Waals surface area contributed by atoms with Crippen LogP contribution in [0.25, 0.3) is 0 Å². The number of hydrogen-bond acceptors (Lipinski definition) is 2. The summed E-state index contributed by atoms with van der Waals surface area (Å²) >= 11 is 0. The van der Waals surface area contributed by atoms with Crippen LogP contribution in [0, 0.1) is 0 Å². The molecule has 0 aliphatic carbocycles. The third-order valence-electron chi connectivity index (χ3n) is 2.40. The molecule has 2 N–H and O–H groups in total. The molecule has 0 fully saturated rings. The Morgan fingerprint density at radius 3 is 2.33 bits per heavy atom. The molecule has 21 heavy (non-hydrogen) atoms. The summed E-state index contributed by atoms with van der Waals surface area (Å²) in [5.74, 6) is 0.422. The van der Waals surface area contributed by atoms with Gasteiger partial charge < -0.3 is 15.4 Å². The summed E-state index contributed by atoms with van der Waals surface area (Å²) in [6, 6.07) is 0. The van der Waals surface area contributed by atoms with Crippen molar-refractivity contribution in [1.29, 1.82) is 0 Å². The van der Waals surface area contributed by atoms with Crippen LogP contribution in [0.4, 0.5) is 13.2 Å². The van der Waals surface area contributed by atoms with Gasteiger partial charge >= 0.3 is 6.18 Å². The molecule has 0 atom stereocenters. The quantitative estimate of drug-likeness (QED) is 0.244. The van der Waals surface area contributed by atoms with E-state index >= 15 is 0 Å². The molecule has 0 radical (unpaired) electrons. The van der Waals surface area contributed by atoms with Gasteiger partial charge in [0.15, 0.2) is 5.96 Å². The normalized spacial score (nSPS) is 12.0. The summed E-state index contributed by atoms with van der Waals surface area (Å²) in [5, 5.41) is 5.58. The second kappa shape index (κ2) is 14.7. The van der Waals surface area contributed by atoms with Gasteiger partial charge in [0.1, 0.15) is 0 Å². The monoisotopic (exact) mass is 425 g/mol. The van der Waals surface area contributed by atoms with Crippen molar-refractivity contribution in [2.75, 3.05) is 32.8 Å². The lowest BCUT2D eigenvalue weighted by Crippen LogP contribution is -2.39. The minimum atomic E-state index is -4.14. The smallest absolute Gasteiger partial charge is 0.381 e. The maximum absolute atomic E-state index is 12.0. The number of unbranched alkanes of at least 4 members (excludes halogenated alkanes) is 1. The molecule has 0 heterocycles. The van der Waals surface area contributed by atoms with Gasteiger partial charge in [-0.3, -0.25) is 4.99 Å². The molecule has 0 spiro atoms. The van der Waals surface area contributed by atoms with Crippen LogP contribution in [0.1, 0.15) is 39.5 Å². The first kappa shape index (κ1) is 23.0. The van der Waals surface area contributed by atoms with Crippen LogP contribution < -0.4 is 10.6 Å². The second-order valence-electron chi connectivity index (χ2n) is 4.37. The zero-order chi connectivity index (χ0) is 15.3. The van der Waals surface area contributed by atoms with Crippen LogP contribution in [0.5, 0.6) is 0 Å². The van der Waals surface area contributed by atoms with E-state index < -0.39 is 12.6 Å². The number of nitrogens with zero attached hydrogens (tertiary/aromatic N) is 1. The van der Waals surface area contributed by atoms with E-state index in [2.05, 4.69) is 22.5 Å². The van der Waals surface area contributed by atoms with Crippen molar-refractivity contribution in [3.8, 4) is 0 Å². The van der Waals surface area contributed by atoms with E-state index in [4.69, 9.17) is 4.74 Å². The molecule has 0 aromatic carbocycles. The average Bonchev–Trinajstić information content (AvgIpc) is 2.36. The topological polar surface area (TPSA) is 45.6 Å². The summed E-state index contributed by atoms with van der Waals surface area (Å²) in [5.41, 5.74) is 0. The van der Waals surface area contributed by atoms with E-state index in [1.54, 1.807) is 0 Å². The van der Waals surface area contributed by atoms with E-state index in [0.29, 0.717) is 25.7 Å². The van der Waals surface area contributed by atoms with Gasteiger partial charge in [-0.25, -0.2) is 0 Å². The largest absolute Gasteiger partial charge is 0.390 e. The molecule has 128 valence electrons. The summed E-state index contributed by atoms with van der Waals surface area (Å²) in [4.78, 5) is 4.20. The summed E-state index contributed by atoms with van der Waals surface area (Å²) in [6.45, 7) is 6.34. The maximum atomic E-state index is 12.0. The fourth-order valence-corrected chi connectivity index (χ4v) is 1.37. The zero-order valence-corrected chi connectivity index (χ0v) is 15.1. The summed E-state index contributed by atoms with van der Waals surface area (Å²) in [6.07, 6.45) is -2.09. The Hall–Kier alpha value is -0.250. The zero-order valence-electron chi connectivity index (χ0n) is 12.8. The molecule has 8 heteroatoms. The highest BCUT2D eigenvalue weighted by Gasteiger charge is 2.26. The lowest BCUT2D eigenvalue weighted by atomic mass is 10.4. The van der Waals surface area contributed by atoms with E-state index in [9.17, 15) is 13.2 Å². The van der Waals surface area contributed by atoms with E-state index in [1.165, 1.54) is 0 Å². The Balaban J connectivity index is 0. The Bertz CT molecular complexity index is 264. The van der Waals surface area contributed by atoms with Crippen molar-refractivity contribution >= 4 is 29.9 Å². The van der Waals surface area contributed by atoms with Gasteiger partial charge in [0.05, 0.1) is 6.42 Å². The molecular weight excluding hydrogens is 398 g/mol. The minimum Gasteiger partial charge on any atom is -0.381 e. The van der Waals surface area contributed by atoms with Crippen molar-refractivity contribution in [2.45, 2.75) is 45.7 Å². The van der Waals surface area contributed by atoms with E-state index in [0.717, 1.165) is 25.9 Å². The van der Waals surface area contributed by atoms with Gasteiger partial charge in [-0.05, 0) is 19.8 Å². The van der Waals surface area contributed by atoms with Gasteiger partial charge in [0, 0.05) is 32.8 Å². The highest BCUT2D eigenvalue weighted by atomic mass is 127. The molecular formula is C13H27F3IN3O. The lowest BCUT2D eigenvalue weighted by Gasteiger charge is -2.12. The van der Waals surface area contributed by atoms with Crippen LogP contribution in [0.3, 0.4) is 0 Å². The number of guanidine groups is 1. The molecule has 0 amide bonds. The van der Waals surface area contributed by atoms with E-state index in [-0.39, 0.29) is 30.5 Å². The second-order valence-corrected chi connectivity index (χ2v) is 4.37. The summed E-state index contributed by atoms with van der Waals surface area (Å²) < 4.78 is 41.5. The van der Waals surface area contributed by atoms with Crippen molar-refractivity contribution in [1.82, 2.24) is 10.6 Å². The maximum Gasteiger partial charge on any atom is 0.390 e. The highest BCUT2D eigenvalue weighted by Crippen LogP contribution is 2.17. The molecule has 0 rings (SSSR count). The molecule has 0 bridgehead atoms. The third-order valence-corrected chi connectivity index (χ3v) is 2.40. The van der Waals surface area contributed by atoms with Crippen molar-refractivity contribution in [2.24, 2.45) is 4.99 Å². The van der Waals surface area contributed by atoms with Crippen molar-refractivity contribution < 1.29 is 17.9 Å². The molecule has 4 nitrogen and oxygen atoms in total. The Kier molecular flexibility index (Phi) is 16.1. The minimum absolute atomic E-state index is 0. The fraction of sp³-hybridized carbons (Fsp3) is 0.923. The predicted molar refractivity (Wildman–Crippen MR) is 90.4 cm³/mol. The van der Waals surface area contributed by atoms with Gasteiger partial charge in [-0.1, -0.05) is 13.3 Å². The Morgan fingerprint density at radius 2 is 1.76 bits per heavy atom. The average molecular weight is 425 g/mol. The van der Waals surface area contributed by atoms with Crippen molar-refractivity contribution in [3.05, 3.63) is 0 Å². The number of ether oxygens (including phenoxy) is 1. The first-order valence-electron chi connectivity index (χ1n) is 7.16. The molecule has 0 aliphatic heterocycles. The van der Waals surface area contributed by atoms with Crippen LogP contribution in [0.15, 0.2) is 4.99 Å². The predicted octanol–water partition coefficient (Wildman–Crippen LogP) is 3.32. The number of aliphatic imine (C=N–C) groups is 1. The molecule has 0 saturated carbocycles. The molecule has 0 unspecified atom stereocenters. The lowest BCUT2D eigenvalue weighted by molar-refractivity contribution is -0.132. The van der Waals surface area contributed by atoms with Gasteiger partial charge in [0.2, 0.25) is 0 Å². The number of halogens is 4. The first-order valence-corrected chi connectivity index (χ1v) is 7.16. The highest BCUT2D eigenvalue weighted by molar-refractivity contribution is 14.0. The van der Waals surface area contributed by atoms with Gasteiger partial charge in [-0.2, -0.15) is 13.2 Å². The number of alkyl halides is 3. The third kappa shape index (κ3) is 17.7. The summed E-state index contributed by atoms with van der Waals surface area (Å²) in [7, 11) is 0. The Labute approximate surface area is 142 Å². The molecule has 0 aromatic heterocycles. The van der Waals surface area contributed by atoms with Crippen LogP contribution in [-0.2, 0) is 4.74 Å². The number of rotatable bonds is 10. The van der Waals surface area contributed by atoms with Crippen molar-refractivity contribution in [3.63, 3.8) is 0 Å². The molecule has 0 aromatic rings. The van der Waals surface area contributed by atoms with Gasteiger partial charge in [0.25, 0.3) is 0 Å². The number of hydrogen-bond donors (Lipinski definition) is 2. The van der Waals surface area contributed by atoms with Crippen LogP contribution >= 0.6 is 24.0 Å². The molecule has 0 saturated heterocycles. The van der Waals surface area contributed by atoms with Gasteiger partial charge in [-0.15, -0.1) is 24.0 Å². The fourth-order valence-electron chi connectivity index (χ4n) is 1.37. The SMILES string of the molecule is CCCCOCCCN=C(NCC)NCCC(F)(F)F.I. The van der Waals surface area contributed by atoms with Crippen LogP contribution in [-0.4, -0.2) is 45.0 Å². The van der Waals surface area contributed by atoms with Crippen LogP contribution in [0.2, 0.25) is 0 Å². The standard InChI is InChI=1S/C13H26F3N3O.HI/c1-3-5-10-20-11-6-8-18-12(17-4-2)19-9-7-13(14,15)16;/h3-11H2,1-2H3,(H2,17,18,19);1H. The Morgan fingerprint density at radius 1 is 1.10 bits per heavy atom. The first-order chi connectivity index (χ1) is 9.49. The number of nitrogens with one attached hydrogen (secondary N) is 2.